The molecule has 1 aromatic rings. The van der Waals surface area contributed by atoms with Crippen LogP contribution in [0.1, 0.15) is 51.0 Å². The van der Waals surface area contributed by atoms with Crippen LogP contribution < -0.4 is 14.8 Å². The molecule has 0 spiro atoms. The van der Waals surface area contributed by atoms with E-state index in [4.69, 9.17) is 14.2 Å². The Morgan fingerprint density at radius 2 is 1.86 bits per heavy atom. The topological polar surface area (TPSA) is 63.2 Å². The number of ether oxygens (including phenoxy) is 3. The SMILES string of the molecule is CCOCCCNCc1ccc(OC[C@H](O)CN2CCCCCCC2)c(OC)c1. The highest BCUT2D eigenvalue weighted by atomic mass is 16.5. The van der Waals surface area contributed by atoms with Gasteiger partial charge in [0.25, 0.3) is 0 Å². The Kier molecular flexibility index (Phi) is 12.1. The highest BCUT2D eigenvalue weighted by Crippen LogP contribution is 2.28. The van der Waals surface area contributed by atoms with Crippen LogP contribution in [0.3, 0.4) is 0 Å². The predicted molar refractivity (Wildman–Crippen MR) is 117 cm³/mol. The zero-order chi connectivity index (χ0) is 20.7. The highest BCUT2D eigenvalue weighted by Gasteiger charge is 2.15. The van der Waals surface area contributed by atoms with Crippen LogP contribution >= 0.6 is 0 Å². The number of methoxy groups -OCH3 is 1. The number of hydrogen-bond acceptors (Lipinski definition) is 6. The average molecular weight is 409 g/mol. The van der Waals surface area contributed by atoms with E-state index in [0.717, 1.165) is 51.4 Å². The van der Waals surface area contributed by atoms with Gasteiger partial charge in [0.1, 0.15) is 12.7 Å². The van der Waals surface area contributed by atoms with Crippen LogP contribution in [0, 0.1) is 0 Å². The zero-order valence-corrected chi connectivity index (χ0v) is 18.3. The standard InChI is InChI=1S/C23H40N2O4/c1-3-28-15-9-12-24-17-20-10-11-22(23(16-20)27-2)29-19-21(26)18-25-13-7-5-4-6-8-14-25/h10-11,16,21,24,26H,3-9,12-15,17-19H2,1-2H3/t21-/m1/s1. The van der Waals surface area contributed by atoms with E-state index < -0.39 is 6.10 Å². The van der Waals surface area contributed by atoms with E-state index in [1.165, 1.54) is 32.1 Å². The first-order chi connectivity index (χ1) is 14.2. The summed E-state index contributed by atoms with van der Waals surface area (Å²) < 4.78 is 16.7. The maximum atomic E-state index is 10.4. The average Bonchev–Trinajstić information content (AvgIpc) is 2.71. The Morgan fingerprint density at radius 1 is 1.10 bits per heavy atom. The van der Waals surface area contributed by atoms with Gasteiger partial charge in [-0.2, -0.15) is 0 Å². The molecule has 166 valence electrons. The number of aliphatic hydroxyl groups excluding tert-OH is 1. The molecule has 0 unspecified atom stereocenters. The van der Waals surface area contributed by atoms with Crippen molar-refractivity contribution in [1.29, 1.82) is 0 Å². The molecule has 1 atom stereocenters. The molecule has 1 fully saturated rings. The van der Waals surface area contributed by atoms with Gasteiger partial charge in [-0.05, 0) is 63.5 Å². The van der Waals surface area contributed by atoms with Crippen LogP contribution in [-0.2, 0) is 11.3 Å². The first-order valence-electron chi connectivity index (χ1n) is 11.2. The van der Waals surface area contributed by atoms with E-state index >= 15 is 0 Å². The molecule has 0 aromatic heterocycles. The quantitative estimate of drug-likeness (QED) is 0.489. The van der Waals surface area contributed by atoms with Crippen LogP contribution in [0.15, 0.2) is 18.2 Å². The van der Waals surface area contributed by atoms with E-state index in [9.17, 15) is 5.11 Å². The molecule has 0 amide bonds. The number of rotatable bonds is 13. The van der Waals surface area contributed by atoms with Crippen LogP contribution in [0.4, 0.5) is 0 Å². The molecule has 0 saturated carbocycles. The van der Waals surface area contributed by atoms with Gasteiger partial charge in [-0.1, -0.05) is 25.3 Å². The lowest BCUT2D eigenvalue weighted by molar-refractivity contribution is 0.0645. The molecular weight excluding hydrogens is 368 g/mol. The molecule has 1 aliphatic rings. The summed E-state index contributed by atoms with van der Waals surface area (Å²) >= 11 is 0. The maximum absolute atomic E-state index is 10.4. The minimum Gasteiger partial charge on any atom is -0.493 e. The van der Waals surface area contributed by atoms with Gasteiger partial charge in [-0.3, -0.25) is 0 Å². The summed E-state index contributed by atoms with van der Waals surface area (Å²) in [4.78, 5) is 2.37. The fraction of sp³-hybridized carbons (Fsp3) is 0.739. The highest BCUT2D eigenvalue weighted by molar-refractivity contribution is 5.43. The molecule has 0 aliphatic carbocycles. The van der Waals surface area contributed by atoms with Gasteiger partial charge in [0.15, 0.2) is 11.5 Å². The Labute approximate surface area is 176 Å². The van der Waals surface area contributed by atoms with Gasteiger partial charge >= 0.3 is 0 Å². The molecule has 1 aromatic carbocycles. The summed E-state index contributed by atoms with van der Waals surface area (Å²) in [6.07, 6.45) is 6.90. The molecule has 6 heteroatoms. The molecule has 0 bridgehead atoms. The predicted octanol–water partition coefficient (Wildman–Crippen LogP) is 3.22. The summed E-state index contributed by atoms with van der Waals surface area (Å²) in [6.45, 7) is 8.38. The van der Waals surface area contributed by atoms with Crippen molar-refractivity contribution in [2.45, 2.75) is 58.1 Å². The first kappa shape index (κ1) is 23.9. The third-order valence-corrected chi connectivity index (χ3v) is 5.25. The molecule has 6 nitrogen and oxygen atoms in total. The van der Waals surface area contributed by atoms with Gasteiger partial charge in [-0.15, -0.1) is 0 Å². The molecule has 2 rings (SSSR count). The lowest BCUT2D eigenvalue weighted by Gasteiger charge is -2.26. The minimum absolute atomic E-state index is 0.280. The lowest BCUT2D eigenvalue weighted by atomic mass is 10.1. The van der Waals surface area contributed by atoms with Crippen molar-refractivity contribution >= 4 is 0 Å². The summed E-state index contributed by atoms with van der Waals surface area (Å²) in [5, 5.41) is 13.8. The second kappa shape index (κ2) is 14.6. The van der Waals surface area contributed by atoms with Crippen molar-refractivity contribution in [1.82, 2.24) is 10.2 Å². The van der Waals surface area contributed by atoms with Gasteiger partial charge in [0.05, 0.1) is 7.11 Å². The summed E-state index contributed by atoms with van der Waals surface area (Å²) in [5.74, 6) is 1.39. The fourth-order valence-electron chi connectivity index (χ4n) is 3.65. The van der Waals surface area contributed by atoms with E-state index in [0.29, 0.717) is 18.0 Å². The van der Waals surface area contributed by atoms with E-state index in [2.05, 4.69) is 10.2 Å². The van der Waals surface area contributed by atoms with Crippen molar-refractivity contribution in [2.75, 3.05) is 53.1 Å². The van der Waals surface area contributed by atoms with Crippen LogP contribution in [0.25, 0.3) is 0 Å². The van der Waals surface area contributed by atoms with Crippen LogP contribution in [0.2, 0.25) is 0 Å². The number of nitrogens with one attached hydrogen (secondary N) is 1. The van der Waals surface area contributed by atoms with E-state index in [1.54, 1.807) is 7.11 Å². The Hall–Kier alpha value is -1.34. The van der Waals surface area contributed by atoms with Gasteiger partial charge in [-0.25, -0.2) is 0 Å². The first-order valence-corrected chi connectivity index (χ1v) is 11.2. The molecule has 29 heavy (non-hydrogen) atoms. The molecule has 0 radical (unpaired) electrons. The van der Waals surface area contributed by atoms with Crippen molar-refractivity contribution in [2.24, 2.45) is 0 Å². The largest absolute Gasteiger partial charge is 0.493 e. The third-order valence-electron chi connectivity index (χ3n) is 5.25. The smallest absolute Gasteiger partial charge is 0.161 e. The summed E-state index contributed by atoms with van der Waals surface area (Å²) in [7, 11) is 1.65. The van der Waals surface area contributed by atoms with Gasteiger partial charge < -0.3 is 29.5 Å². The molecular formula is C23H40N2O4. The number of benzene rings is 1. The third kappa shape index (κ3) is 9.81. The van der Waals surface area contributed by atoms with Crippen molar-refractivity contribution < 1.29 is 19.3 Å². The number of likely N-dealkylation sites (tertiary alicyclic amines) is 1. The summed E-state index contributed by atoms with van der Waals surface area (Å²) in [6, 6.07) is 5.96. The molecule has 1 heterocycles. The van der Waals surface area contributed by atoms with Gasteiger partial charge in [0, 0.05) is 26.3 Å². The maximum Gasteiger partial charge on any atom is 0.161 e. The Morgan fingerprint density at radius 3 is 2.59 bits per heavy atom. The monoisotopic (exact) mass is 408 g/mol. The van der Waals surface area contributed by atoms with Crippen LogP contribution in [0.5, 0.6) is 11.5 Å². The fourth-order valence-corrected chi connectivity index (χ4v) is 3.65. The summed E-state index contributed by atoms with van der Waals surface area (Å²) in [5.41, 5.74) is 1.15. The lowest BCUT2D eigenvalue weighted by Crippen LogP contribution is -2.37. The number of hydrogen-bond donors (Lipinski definition) is 2. The van der Waals surface area contributed by atoms with Crippen molar-refractivity contribution in [3.05, 3.63) is 23.8 Å². The number of β-amino-alcohol motifs (C(OH)–C–C–N with tert-alkyl or cyclic N) is 1. The second-order valence-corrected chi connectivity index (χ2v) is 7.75. The van der Waals surface area contributed by atoms with E-state index in [1.807, 2.05) is 25.1 Å². The van der Waals surface area contributed by atoms with E-state index in [-0.39, 0.29) is 6.61 Å². The number of aliphatic hydroxyl groups is 1. The Bertz CT molecular complexity index is 548. The second-order valence-electron chi connectivity index (χ2n) is 7.75. The normalized spacial score (nSPS) is 16.8. The molecule has 2 N–H and O–H groups in total. The van der Waals surface area contributed by atoms with Gasteiger partial charge in [0.2, 0.25) is 0 Å². The minimum atomic E-state index is -0.495. The van der Waals surface area contributed by atoms with Crippen molar-refractivity contribution in [3.63, 3.8) is 0 Å². The number of nitrogens with zero attached hydrogens (tertiary/aromatic N) is 1. The van der Waals surface area contributed by atoms with Crippen molar-refractivity contribution in [3.8, 4) is 11.5 Å². The Balaban J connectivity index is 1.74. The zero-order valence-electron chi connectivity index (χ0n) is 18.3. The molecule has 1 aliphatic heterocycles. The molecule has 1 saturated heterocycles. The van der Waals surface area contributed by atoms with Crippen LogP contribution in [-0.4, -0.2) is 69.2 Å².